The predicted molar refractivity (Wildman–Crippen MR) is 97.3 cm³/mol. The molecule has 2 aromatic rings. The molecule has 0 amide bonds. The van der Waals surface area contributed by atoms with Crippen LogP contribution in [0.25, 0.3) is 0 Å². The lowest BCUT2D eigenvalue weighted by atomic mass is 9.91. The number of benzene rings is 2. The highest BCUT2D eigenvalue weighted by atomic mass is 19.1. The largest absolute Gasteiger partial charge is 0.504 e. The van der Waals surface area contributed by atoms with E-state index in [-0.39, 0.29) is 11.3 Å². The molecule has 3 nitrogen and oxygen atoms in total. The zero-order chi connectivity index (χ0) is 18.5. The molecule has 26 heavy (non-hydrogen) atoms. The van der Waals surface area contributed by atoms with Crippen LogP contribution in [0.4, 0.5) is 8.78 Å². The van der Waals surface area contributed by atoms with Crippen molar-refractivity contribution in [2.24, 2.45) is 5.92 Å². The average Bonchev–Trinajstić information content (AvgIpc) is 2.63. The van der Waals surface area contributed by atoms with Crippen molar-refractivity contribution < 1.29 is 18.6 Å². The van der Waals surface area contributed by atoms with Gasteiger partial charge in [-0.05, 0) is 68.0 Å². The van der Waals surface area contributed by atoms with Gasteiger partial charge in [-0.15, -0.1) is 0 Å². The molecule has 0 unspecified atom stereocenters. The number of ether oxygens (including phenoxy) is 1. The minimum Gasteiger partial charge on any atom is -0.504 e. The molecule has 1 saturated heterocycles. The number of piperidine rings is 1. The highest BCUT2D eigenvalue weighted by molar-refractivity contribution is 5.41. The molecular weight excluding hydrogens is 336 g/mol. The molecule has 0 radical (unpaired) electrons. The molecule has 3 rings (SSSR count). The van der Waals surface area contributed by atoms with Crippen LogP contribution in [0.3, 0.4) is 0 Å². The SMILES string of the molecule is COc1cc(CN2CCC[C@H](CCc3c(F)cccc3F)C2)ccc1O. The Morgan fingerprint density at radius 1 is 1.19 bits per heavy atom. The second-order valence-electron chi connectivity index (χ2n) is 6.99. The zero-order valence-corrected chi connectivity index (χ0v) is 15.0. The van der Waals surface area contributed by atoms with E-state index in [2.05, 4.69) is 4.90 Å². The lowest BCUT2D eigenvalue weighted by molar-refractivity contribution is 0.161. The molecule has 0 bridgehead atoms. The quantitative estimate of drug-likeness (QED) is 0.821. The van der Waals surface area contributed by atoms with E-state index in [9.17, 15) is 13.9 Å². The van der Waals surface area contributed by atoms with Gasteiger partial charge in [0.05, 0.1) is 7.11 Å². The molecule has 2 aromatic carbocycles. The van der Waals surface area contributed by atoms with E-state index in [4.69, 9.17) is 4.74 Å². The van der Waals surface area contributed by atoms with Crippen LogP contribution in [0.1, 0.15) is 30.4 Å². The number of halogens is 2. The van der Waals surface area contributed by atoms with Gasteiger partial charge in [0.2, 0.25) is 0 Å². The van der Waals surface area contributed by atoms with Gasteiger partial charge in [-0.25, -0.2) is 8.78 Å². The molecule has 1 atom stereocenters. The summed E-state index contributed by atoms with van der Waals surface area (Å²) in [6.07, 6.45) is 3.39. The normalized spacial score (nSPS) is 18.0. The molecule has 0 aliphatic carbocycles. The first-order chi connectivity index (χ1) is 12.6. The van der Waals surface area contributed by atoms with Crippen LogP contribution in [0, 0.1) is 17.6 Å². The summed E-state index contributed by atoms with van der Waals surface area (Å²) in [6, 6.07) is 9.45. The van der Waals surface area contributed by atoms with E-state index in [0.717, 1.165) is 44.5 Å². The number of nitrogens with zero attached hydrogens (tertiary/aromatic N) is 1. The summed E-state index contributed by atoms with van der Waals surface area (Å²) in [7, 11) is 1.54. The standard InChI is InChI=1S/C21H25F2NO2/c1-26-21-12-16(8-10-20(21)25)14-24-11-3-4-15(13-24)7-9-17-18(22)5-2-6-19(17)23/h2,5-6,8,10,12,15,25H,3-4,7,9,11,13-14H2,1H3/t15-/m1/s1. The van der Waals surface area contributed by atoms with E-state index >= 15 is 0 Å². The summed E-state index contributed by atoms with van der Waals surface area (Å²) in [5, 5.41) is 9.71. The third-order valence-corrected chi connectivity index (χ3v) is 5.12. The number of methoxy groups -OCH3 is 1. The summed E-state index contributed by atoms with van der Waals surface area (Å²) in [4.78, 5) is 2.36. The summed E-state index contributed by atoms with van der Waals surface area (Å²) in [5.41, 5.74) is 1.29. The van der Waals surface area contributed by atoms with Gasteiger partial charge < -0.3 is 9.84 Å². The van der Waals surface area contributed by atoms with Crippen LogP contribution in [-0.4, -0.2) is 30.2 Å². The predicted octanol–water partition coefficient (Wildman–Crippen LogP) is 4.52. The number of phenolic OH excluding ortho intramolecular Hbond substituents is 1. The van der Waals surface area contributed by atoms with Gasteiger partial charge in [-0.1, -0.05) is 12.1 Å². The molecule has 1 aliphatic heterocycles. The van der Waals surface area contributed by atoms with Crippen LogP contribution < -0.4 is 4.74 Å². The van der Waals surface area contributed by atoms with Gasteiger partial charge in [0.1, 0.15) is 11.6 Å². The molecule has 5 heteroatoms. The van der Waals surface area contributed by atoms with E-state index in [0.29, 0.717) is 18.1 Å². The van der Waals surface area contributed by atoms with Crippen LogP contribution in [0.2, 0.25) is 0 Å². The number of rotatable bonds is 6. The second kappa shape index (κ2) is 8.49. The van der Waals surface area contributed by atoms with Crippen LogP contribution >= 0.6 is 0 Å². The van der Waals surface area contributed by atoms with Gasteiger partial charge in [-0.3, -0.25) is 4.90 Å². The first kappa shape index (κ1) is 18.6. The third kappa shape index (κ3) is 4.52. The Hall–Kier alpha value is -2.14. The zero-order valence-electron chi connectivity index (χ0n) is 15.0. The van der Waals surface area contributed by atoms with Gasteiger partial charge in [0, 0.05) is 18.7 Å². The summed E-state index contributed by atoms with van der Waals surface area (Å²) in [5.74, 6) is 0.148. The summed E-state index contributed by atoms with van der Waals surface area (Å²) >= 11 is 0. The van der Waals surface area contributed by atoms with Crippen molar-refractivity contribution in [1.29, 1.82) is 0 Å². The van der Waals surface area contributed by atoms with Crippen LogP contribution in [0.5, 0.6) is 11.5 Å². The lowest BCUT2D eigenvalue weighted by Crippen LogP contribution is -2.35. The molecule has 1 heterocycles. The molecule has 0 spiro atoms. The minimum absolute atomic E-state index is 0.139. The molecule has 1 aliphatic rings. The van der Waals surface area contributed by atoms with Gasteiger partial charge >= 0.3 is 0 Å². The Bertz CT molecular complexity index is 731. The highest BCUT2D eigenvalue weighted by Gasteiger charge is 2.21. The smallest absolute Gasteiger partial charge is 0.160 e. The summed E-state index contributed by atoms with van der Waals surface area (Å²) < 4.78 is 32.7. The Labute approximate surface area is 153 Å². The molecule has 1 N–H and O–H groups in total. The maximum absolute atomic E-state index is 13.8. The Morgan fingerprint density at radius 3 is 2.69 bits per heavy atom. The van der Waals surface area contributed by atoms with E-state index in [1.165, 1.54) is 25.3 Å². The lowest BCUT2D eigenvalue weighted by Gasteiger charge is -2.33. The Kier molecular flexibility index (Phi) is 6.09. The first-order valence-electron chi connectivity index (χ1n) is 9.08. The Morgan fingerprint density at radius 2 is 1.96 bits per heavy atom. The number of likely N-dealkylation sites (tertiary alicyclic amines) is 1. The minimum atomic E-state index is -0.450. The van der Waals surface area contributed by atoms with E-state index < -0.39 is 11.6 Å². The molecule has 0 aromatic heterocycles. The fourth-order valence-corrected chi connectivity index (χ4v) is 3.73. The van der Waals surface area contributed by atoms with Gasteiger partial charge in [0.15, 0.2) is 11.5 Å². The van der Waals surface area contributed by atoms with Crippen LogP contribution in [0.15, 0.2) is 36.4 Å². The third-order valence-electron chi connectivity index (χ3n) is 5.12. The van der Waals surface area contributed by atoms with Gasteiger partial charge in [0.25, 0.3) is 0 Å². The maximum Gasteiger partial charge on any atom is 0.160 e. The first-order valence-corrected chi connectivity index (χ1v) is 9.08. The number of hydrogen-bond acceptors (Lipinski definition) is 3. The fourth-order valence-electron chi connectivity index (χ4n) is 3.73. The van der Waals surface area contributed by atoms with E-state index in [1.54, 1.807) is 6.07 Å². The second-order valence-corrected chi connectivity index (χ2v) is 6.99. The number of phenols is 1. The number of aromatic hydroxyl groups is 1. The van der Waals surface area contributed by atoms with Gasteiger partial charge in [-0.2, -0.15) is 0 Å². The van der Waals surface area contributed by atoms with Crippen molar-refractivity contribution in [2.75, 3.05) is 20.2 Å². The summed E-state index contributed by atoms with van der Waals surface area (Å²) in [6.45, 7) is 2.70. The van der Waals surface area contributed by atoms with Crippen molar-refractivity contribution in [3.63, 3.8) is 0 Å². The van der Waals surface area contributed by atoms with Crippen molar-refractivity contribution >= 4 is 0 Å². The van der Waals surface area contributed by atoms with Crippen molar-refractivity contribution in [3.8, 4) is 11.5 Å². The Balaban J connectivity index is 1.57. The van der Waals surface area contributed by atoms with Crippen molar-refractivity contribution in [1.82, 2.24) is 4.90 Å². The van der Waals surface area contributed by atoms with Crippen LogP contribution in [-0.2, 0) is 13.0 Å². The maximum atomic E-state index is 13.8. The van der Waals surface area contributed by atoms with Crippen molar-refractivity contribution in [2.45, 2.75) is 32.2 Å². The number of hydrogen-bond donors (Lipinski definition) is 1. The highest BCUT2D eigenvalue weighted by Crippen LogP contribution is 2.28. The molecule has 140 valence electrons. The fraction of sp³-hybridized carbons (Fsp3) is 0.429. The monoisotopic (exact) mass is 361 g/mol. The molecule has 0 saturated carbocycles. The van der Waals surface area contributed by atoms with Crippen molar-refractivity contribution in [3.05, 3.63) is 59.2 Å². The van der Waals surface area contributed by atoms with E-state index in [1.807, 2.05) is 12.1 Å². The molecule has 1 fully saturated rings. The molecular formula is C21H25F2NO2. The topological polar surface area (TPSA) is 32.7 Å². The average molecular weight is 361 g/mol.